The number of amides is 1. The summed E-state index contributed by atoms with van der Waals surface area (Å²) in [4.78, 5) is 38.5. The molecule has 0 bridgehead atoms. The lowest BCUT2D eigenvalue weighted by Gasteiger charge is -2.32. The van der Waals surface area contributed by atoms with Gasteiger partial charge >= 0.3 is 18.2 Å². The topological polar surface area (TPSA) is 87.1 Å². The number of hydrogen-bond acceptors (Lipinski definition) is 6. The summed E-state index contributed by atoms with van der Waals surface area (Å²) < 4.78 is 15.9. The molecule has 0 aliphatic carbocycles. The van der Waals surface area contributed by atoms with Gasteiger partial charge in [-0.15, -0.1) is 0 Å². The van der Waals surface area contributed by atoms with Crippen LogP contribution in [0.15, 0.2) is 24.3 Å². The minimum atomic E-state index is -1.33. The molecule has 1 unspecified atom stereocenters. The predicted molar refractivity (Wildman–Crippen MR) is 88.8 cm³/mol. The Morgan fingerprint density at radius 3 is 2.24 bits per heavy atom. The van der Waals surface area contributed by atoms with Crippen LogP contribution in [0, 0.1) is 0 Å². The molecule has 8 heteroatoms. The van der Waals surface area contributed by atoms with Gasteiger partial charge < -0.3 is 14.2 Å². The lowest BCUT2D eigenvalue weighted by atomic mass is 9.95. The molecule has 1 amide bonds. The van der Waals surface area contributed by atoms with Crippen LogP contribution in [-0.2, 0) is 25.4 Å². The van der Waals surface area contributed by atoms with Crippen LogP contribution >= 0.6 is 0 Å². The maximum absolute atomic E-state index is 12.5. The van der Waals surface area contributed by atoms with Crippen LogP contribution in [0.2, 0.25) is 0 Å². The number of anilines is 1. The fraction of sp³-hybridized carbons (Fsp3) is 0.353. The zero-order valence-electron chi connectivity index (χ0n) is 14.4. The Balaban J connectivity index is 2.36. The fourth-order valence-electron chi connectivity index (χ4n) is 3.40. The number of carbonyl (C=O) groups is 3. The van der Waals surface area contributed by atoms with Crippen LogP contribution in [0.4, 0.5) is 15.4 Å². The summed E-state index contributed by atoms with van der Waals surface area (Å²) >= 11 is 0. The van der Waals surface area contributed by atoms with Gasteiger partial charge in [-0.25, -0.2) is 23.9 Å². The van der Waals surface area contributed by atoms with Crippen molar-refractivity contribution in [2.45, 2.75) is 18.9 Å². The highest BCUT2D eigenvalue weighted by Crippen LogP contribution is 2.45. The second kappa shape index (κ2) is 5.80. The highest BCUT2D eigenvalue weighted by molar-refractivity contribution is 6.09. The van der Waals surface area contributed by atoms with Crippen molar-refractivity contribution in [1.29, 1.82) is 0 Å². The van der Waals surface area contributed by atoms with Crippen LogP contribution in [0.5, 0.6) is 0 Å². The van der Waals surface area contributed by atoms with Gasteiger partial charge in [0.2, 0.25) is 0 Å². The Morgan fingerprint density at radius 1 is 1.00 bits per heavy atom. The Morgan fingerprint density at radius 2 is 1.64 bits per heavy atom. The number of benzene rings is 1. The molecule has 1 aromatic carbocycles. The second-order valence-corrected chi connectivity index (χ2v) is 5.87. The van der Waals surface area contributed by atoms with E-state index in [-0.39, 0.29) is 12.2 Å². The summed E-state index contributed by atoms with van der Waals surface area (Å²) in [5.74, 6) is -0.345. The van der Waals surface area contributed by atoms with E-state index in [1.54, 1.807) is 19.1 Å². The number of esters is 1. The molecule has 0 N–H and O–H groups in total. The standard InChI is InChI=1S/C17H18N2O6/c1-17(14(20)23-2)9-11-10-7-5-6-8-12(10)18(15(21)24-3)13(11)19(17)16(22)25-4/h5-8H,9H2,1-4H3. The van der Waals surface area contributed by atoms with Crippen molar-refractivity contribution >= 4 is 34.9 Å². The summed E-state index contributed by atoms with van der Waals surface area (Å²) in [7, 11) is 3.71. The van der Waals surface area contributed by atoms with Gasteiger partial charge in [0.25, 0.3) is 0 Å². The molecule has 2 heterocycles. The van der Waals surface area contributed by atoms with Crippen LogP contribution in [0.3, 0.4) is 0 Å². The molecule has 0 radical (unpaired) electrons. The van der Waals surface area contributed by atoms with Gasteiger partial charge in [0.15, 0.2) is 5.54 Å². The molecule has 1 atom stereocenters. The fourth-order valence-corrected chi connectivity index (χ4v) is 3.40. The van der Waals surface area contributed by atoms with Crippen LogP contribution in [0.25, 0.3) is 10.9 Å². The van der Waals surface area contributed by atoms with E-state index in [4.69, 9.17) is 14.2 Å². The predicted octanol–water partition coefficient (Wildman–Crippen LogP) is 2.32. The van der Waals surface area contributed by atoms with Crippen molar-refractivity contribution in [3.8, 4) is 0 Å². The van der Waals surface area contributed by atoms with Crippen LogP contribution in [0.1, 0.15) is 12.5 Å². The van der Waals surface area contributed by atoms with Gasteiger partial charge in [-0.05, 0) is 13.0 Å². The number of rotatable bonds is 1. The monoisotopic (exact) mass is 346 g/mol. The minimum absolute atomic E-state index is 0.189. The van der Waals surface area contributed by atoms with Crippen molar-refractivity contribution in [3.05, 3.63) is 29.8 Å². The lowest BCUT2D eigenvalue weighted by molar-refractivity contribution is -0.146. The molecule has 1 aliphatic heterocycles. The highest BCUT2D eigenvalue weighted by Gasteiger charge is 2.54. The van der Waals surface area contributed by atoms with Gasteiger partial charge in [0, 0.05) is 17.4 Å². The largest absolute Gasteiger partial charge is 0.467 e. The molecule has 1 aromatic heterocycles. The van der Waals surface area contributed by atoms with Crippen LogP contribution in [-0.4, -0.2) is 49.6 Å². The van der Waals surface area contributed by atoms with Crippen molar-refractivity contribution in [3.63, 3.8) is 0 Å². The summed E-state index contributed by atoms with van der Waals surface area (Å²) in [6.07, 6.45) is -1.24. The molecule has 8 nitrogen and oxygen atoms in total. The van der Waals surface area contributed by atoms with E-state index in [9.17, 15) is 14.4 Å². The van der Waals surface area contributed by atoms with Gasteiger partial charge in [-0.3, -0.25) is 0 Å². The maximum Gasteiger partial charge on any atom is 0.419 e. The normalized spacial score (nSPS) is 18.8. The molecular weight excluding hydrogens is 328 g/mol. The first-order valence-electron chi connectivity index (χ1n) is 7.58. The molecule has 0 spiro atoms. The van der Waals surface area contributed by atoms with Crippen molar-refractivity contribution < 1.29 is 28.6 Å². The van der Waals surface area contributed by atoms with Crippen molar-refractivity contribution in [2.24, 2.45) is 0 Å². The molecule has 1 aliphatic rings. The summed E-state index contributed by atoms with van der Waals surface area (Å²) in [5, 5.41) is 0.754. The quantitative estimate of drug-likeness (QED) is 0.582. The first-order valence-corrected chi connectivity index (χ1v) is 7.58. The molecule has 3 rings (SSSR count). The van der Waals surface area contributed by atoms with E-state index in [1.165, 1.54) is 25.9 Å². The maximum atomic E-state index is 12.5. The van der Waals surface area contributed by atoms with E-state index in [2.05, 4.69) is 0 Å². The molecule has 132 valence electrons. The Hall–Kier alpha value is -3.03. The number of hydrogen-bond donors (Lipinski definition) is 0. The molecule has 0 saturated carbocycles. The number of nitrogens with zero attached hydrogens (tertiary/aromatic N) is 2. The number of methoxy groups -OCH3 is 3. The second-order valence-electron chi connectivity index (χ2n) is 5.87. The molecule has 0 fully saturated rings. The highest BCUT2D eigenvalue weighted by atomic mass is 16.6. The zero-order chi connectivity index (χ0) is 18.4. The van der Waals surface area contributed by atoms with Crippen LogP contribution < -0.4 is 4.90 Å². The van der Waals surface area contributed by atoms with Gasteiger partial charge in [0.1, 0.15) is 5.82 Å². The smallest absolute Gasteiger partial charge is 0.419 e. The third-order valence-electron chi connectivity index (χ3n) is 4.52. The van der Waals surface area contributed by atoms with E-state index >= 15 is 0 Å². The average molecular weight is 346 g/mol. The van der Waals surface area contributed by atoms with E-state index in [1.807, 2.05) is 12.1 Å². The number of fused-ring (bicyclic) bond motifs is 3. The Kier molecular flexibility index (Phi) is 3.90. The molecule has 0 saturated heterocycles. The Bertz CT molecular complexity index is 887. The van der Waals surface area contributed by atoms with E-state index in [0.717, 1.165) is 10.3 Å². The summed E-state index contributed by atoms with van der Waals surface area (Å²) in [6, 6.07) is 7.17. The van der Waals surface area contributed by atoms with Gasteiger partial charge in [-0.1, -0.05) is 18.2 Å². The third-order valence-corrected chi connectivity index (χ3v) is 4.52. The number of ether oxygens (including phenoxy) is 3. The number of carbonyl (C=O) groups excluding carboxylic acids is 3. The lowest BCUT2D eigenvalue weighted by Crippen LogP contribution is -2.55. The van der Waals surface area contributed by atoms with Crippen molar-refractivity contribution in [2.75, 3.05) is 26.2 Å². The van der Waals surface area contributed by atoms with Gasteiger partial charge in [0.05, 0.1) is 26.8 Å². The van der Waals surface area contributed by atoms with E-state index in [0.29, 0.717) is 11.1 Å². The molecule has 25 heavy (non-hydrogen) atoms. The SMILES string of the molecule is COC(=O)N1c2c(c3ccccc3n2C(=O)OC)CC1(C)C(=O)OC. The summed E-state index contributed by atoms with van der Waals surface area (Å²) in [5.41, 5.74) is -0.0637. The molecule has 2 aromatic rings. The molecular formula is C17H18N2O6. The van der Waals surface area contributed by atoms with E-state index < -0.39 is 23.7 Å². The average Bonchev–Trinajstić information content (AvgIpc) is 3.10. The Labute approximate surface area is 143 Å². The zero-order valence-corrected chi connectivity index (χ0v) is 14.4. The summed E-state index contributed by atoms with van der Waals surface area (Å²) in [6.45, 7) is 1.58. The third kappa shape index (κ3) is 2.17. The minimum Gasteiger partial charge on any atom is -0.467 e. The van der Waals surface area contributed by atoms with Crippen molar-refractivity contribution in [1.82, 2.24) is 4.57 Å². The number of para-hydroxylation sites is 1. The first-order chi connectivity index (χ1) is 11.9. The number of aromatic nitrogens is 1. The van der Waals surface area contributed by atoms with Gasteiger partial charge in [-0.2, -0.15) is 0 Å². The first kappa shape index (κ1) is 16.8.